The normalized spacial score (nSPS) is 19.1. The Bertz CT molecular complexity index is 390. The van der Waals surface area contributed by atoms with Gasteiger partial charge >= 0.3 is 0 Å². The van der Waals surface area contributed by atoms with Crippen LogP contribution in [-0.4, -0.2) is 30.6 Å². The van der Waals surface area contributed by atoms with Gasteiger partial charge < -0.3 is 5.32 Å². The summed E-state index contributed by atoms with van der Waals surface area (Å²) in [5.74, 6) is 0.874. The largest absolute Gasteiger partial charge is 0.311 e. The van der Waals surface area contributed by atoms with Gasteiger partial charge in [0.15, 0.2) is 0 Å². The van der Waals surface area contributed by atoms with E-state index in [4.69, 9.17) is 0 Å². The van der Waals surface area contributed by atoms with Crippen LogP contribution in [0.5, 0.6) is 0 Å². The summed E-state index contributed by atoms with van der Waals surface area (Å²) in [6, 6.07) is 10.1. The second-order valence-corrected chi connectivity index (χ2v) is 6.05. The monoisotopic (exact) mass is 258 g/mol. The first-order valence-corrected chi connectivity index (χ1v) is 7.90. The quantitative estimate of drug-likeness (QED) is 0.721. The Hall–Kier alpha value is -0.860. The van der Waals surface area contributed by atoms with Crippen LogP contribution in [0.15, 0.2) is 24.3 Å². The van der Waals surface area contributed by atoms with E-state index in [9.17, 15) is 0 Å². The third kappa shape index (κ3) is 3.80. The molecule has 0 heterocycles. The number of nitrogens with one attached hydrogen (secondary N) is 1. The minimum atomic E-state index is 0.874. The van der Waals surface area contributed by atoms with Crippen molar-refractivity contribution in [3.63, 3.8) is 0 Å². The van der Waals surface area contributed by atoms with E-state index in [0.29, 0.717) is 0 Å². The van der Waals surface area contributed by atoms with Crippen molar-refractivity contribution in [1.82, 2.24) is 10.2 Å². The molecule has 0 unspecified atom stereocenters. The molecule has 0 bridgehead atoms. The minimum absolute atomic E-state index is 0.874. The summed E-state index contributed by atoms with van der Waals surface area (Å²) in [5, 5.41) is 3.57. The van der Waals surface area contributed by atoms with Crippen LogP contribution in [0.2, 0.25) is 0 Å². The molecule has 104 valence electrons. The third-order valence-corrected chi connectivity index (χ3v) is 4.40. The molecule has 2 aliphatic rings. The van der Waals surface area contributed by atoms with Crippen molar-refractivity contribution < 1.29 is 0 Å². The molecule has 2 saturated carbocycles. The lowest BCUT2D eigenvalue weighted by molar-refractivity contribution is 0.277. The Morgan fingerprint density at radius 2 is 1.84 bits per heavy atom. The average Bonchev–Trinajstić information content (AvgIpc) is 3.30. The molecule has 2 nitrogen and oxygen atoms in total. The van der Waals surface area contributed by atoms with Gasteiger partial charge in [0.1, 0.15) is 0 Å². The van der Waals surface area contributed by atoms with Crippen molar-refractivity contribution in [2.45, 2.75) is 51.1 Å². The Morgan fingerprint density at radius 1 is 1.11 bits per heavy atom. The molecule has 0 amide bonds. The average molecular weight is 258 g/mol. The van der Waals surface area contributed by atoms with Gasteiger partial charge in [0.25, 0.3) is 0 Å². The lowest BCUT2D eigenvalue weighted by Crippen LogP contribution is -2.33. The first kappa shape index (κ1) is 13.1. The predicted molar refractivity (Wildman–Crippen MR) is 80.4 cm³/mol. The molecule has 0 spiro atoms. The van der Waals surface area contributed by atoms with Crippen LogP contribution >= 0.6 is 0 Å². The Morgan fingerprint density at radius 3 is 2.42 bits per heavy atom. The lowest BCUT2D eigenvalue weighted by Gasteiger charge is -2.19. The molecule has 0 aliphatic heterocycles. The molecule has 19 heavy (non-hydrogen) atoms. The zero-order valence-electron chi connectivity index (χ0n) is 12.1. The summed E-state index contributed by atoms with van der Waals surface area (Å²) < 4.78 is 0. The van der Waals surface area contributed by atoms with E-state index in [2.05, 4.69) is 41.4 Å². The molecule has 0 atom stereocenters. The Balaban J connectivity index is 1.36. The van der Waals surface area contributed by atoms with Crippen molar-refractivity contribution in [2.24, 2.45) is 0 Å². The number of benzene rings is 1. The summed E-state index contributed by atoms with van der Waals surface area (Å²) in [6.45, 7) is 6.78. The second kappa shape index (κ2) is 6.06. The zero-order valence-corrected chi connectivity index (χ0v) is 12.1. The second-order valence-electron chi connectivity index (χ2n) is 6.05. The molecule has 0 aromatic heterocycles. The number of hydrogen-bond acceptors (Lipinski definition) is 2. The van der Waals surface area contributed by atoms with Crippen molar-refractivity contribution >= 4 is 0 Å². The molecule has 2 heteroatoms. The minimum Gasteiger partial charge on any atom is -0.311 e. The predicted octanol–water partition coefficient (Wildman–Crippen LogP) is 3.14. The number of rotatable bonds is 8. The maximum absolute atomic E-state index is 3.57. The van der Waals surface area contributed by atoms with Gasteiger partial charge in [-0.3, -0.25) is 4.90 Å². The highest BCUT2D eigenvalue weighted by atomic mass is 15.2. The summed E-state index contributed by atoms with van der Waals surface area (Å²) in [6.07, 6.45) is 5.62. The smallest absolute Gasteiger partial charge is 0.0206 e. The van der Waals surface area contributed by atoms with Gasteiger partial charge in [-0.2, -0.15) is 0 Å². The van der Waals surface area contributed by atoms with Gasteiger partial charge in [-0.15, -0.1) is 0 Å². The fourth-order valence-corrected chi connectivity index (χ4v) is 2.82. The topological polar surface area (TPSA) is 15.3 Å². The highest BCUT2D eigenvalue weighted by molar-refractivity contribution is 5.27. The van der Waals surface area contributed by atoms with E-state index >= 15 is 0 Å². The summed E-state index contributed by atoms with van der Waals surface area (Å²) in [7, 11) is 0. The molecule has 2 fully saturated rings. The van der Waals surface area contributed by atoms with Crippen LogP contribution in [0.4, 0.5) is 0 Å². The van der Waals surface area contributed by atoms with E-state index in [-0.39, 0.29) is 0 Å². The SMILES string of the molecule is CCN(CCNCc1ccc(C2CC2)cc1)C1CC1. The Labute approximate surface area is 117 Å². The molecule has 2 aliphatic carbocycles. The van der Waals surface area contributed by atoms with Crippen molar-refractivity contribution in [3.8, 4) is 0 Å². The molecule has 0 radical (unpaired) electrons. The highest BCUT2D eigenvalue weighted by Crippen LogP contribution is 2.39. The first-order chi connectivity index (χ1) is 9.36. The summed E-state index contributed by atoms with van der Waals surface area (Å²) >= 11 is 0. The molecule has 1 aromatic carbocycles. The maximum Gasteiger partial charge on any atom is 0.0206 e. The van der Waals surface area contributed by atoms with E-state index in [1.54, 1.807) is 0 Å². The molecular formula is C17H26N2. The van der Waals surface area contributed by atoms with Crippen LogP contribution in [0.3, 0.4) is 0 Å². The zero-order chi connectivity index (χ0) is 13.1. The van der Waals surface area contributed by atoms with Crippen LogP contribution in [0.25, 0.3) is 0 Å². The van der Waals surface area contributed by atoms with Crippen LogP contribution in [0.1, 0.15) is 49.7 Å². The maximum atomic E-state index is 3.57. The molecule has 1 N–H and O–H groups in total. The van der Waals surface area contributed by atoms with Gasteiger partial charge in [-0.1, -0.05) is 31.2 Å². The summed E-state index contributed by atoms with van der Waals surface area (Å²) in [5.41, 5.74) is 2.95. The van der Waals surface area contributed by atoms with E-state index in [1.807, 2.05) is 0 Å². The van der Waals surface area contributed by atoms with Crippen LogP contribution in [0, 0.1) is 0 Å². The van der Waals surface area contributed by atoms with E-state index in [1.165, 1.54) is 49.9 Å². The Kier molecular flexibility index (Phi) is 4.19. The molecular weight excluding hydrogens is 232 g/mol. The van der Waals surface area contributed by atoms with Gasteiger partial charge in [0.2, 0.25) is 0 Å². The van der Waals surface area contributed by atoms with Gasteiger partial charge in [-0.05, 0) is 49.3 Å². The number of likely N-dealkylation sites (N-methyl/N-ethyl adjacent to an activating group) is 1. The fraction of sp³-hybridized carbons (Fsp3) is 0.647. The molecule has 1 aromatic rings. The number of hydrogen-bond donors (Lipinski definition) is 1. The van der Waals surface area contributed by atoms with Crippen molar-refractivity contribution in [1.29, 1.82) is 0 Å². The van der Waals surface area contributed by atoms with E-state index in [0.717, 1.165) is 25.0 Å². The van der Waals surface area contributed by atoms with Crippen molar-refractivity contribution in [3.05, 3.63) is 35.4 Å². The standard InChI is InChI=1S/C17H26N2/c1-2-19(17-9-10-17)12-11-18-13-14-3-5-15(6-4-14)16-7-8-16/h3-6,16-18H,2,7-13H2,1H3. The summed E-state index contributed by atoms with van der Waals surface area (Å²) in [4.78, 5) is 2.60. The van der Waals surface area contributed by atoms with Gasteiger partial charge in [-0.25, -0.2) is 0 Å². The van der Waals surface area contributed by atoms with Gasteiger partial charge in [0.05, 0.1) is 0 Å². The molecule has 3 rings (SSSR count). The van der Waals surface area contributed by atoms with Gasteiger partial charge in [0, 0.05) is 25.7 Å². The third-order valence-electron chi connectivity index (χ3n) is 4.40. The molecule has 0 saturated heterocycles. The highest BCUT2D eigenvalue weighted by Gasteiger charge is 2.27. The van der Waals surface area contributed by atoms with Crippen LogP contribution in [-0.2, 0) is 6.54 Å². The lowest BCUT2D eigenvalue weighted by atomic mass is 10.1. The number of nitrogens with zero attached hydrogens (tertiary/aromatic N) is 1. The van der Waals surface area contributed by atoms with Crippen molar-refractivity contribution in [2.75, 3.05) is 19.6 Å². The first-order valence-electron chi connectivity index (χ1n) is 7.90. The van der Waals surface area contributed by atoms with Crippen LogP contribution < -0.4 is 5.32 Å². The van der Waals surface area contributed by atoms with E-state index < -0.39 is 0 Å². The fourth-order valence-electron chi connectivity index (χ4n) is 2.82.